The molecular weight excluding hydrogens is 1010 g/mol. The molecule has 0 atom stereocenters. The van der Waals surface area contributed by atoms with E-state index in [2.05, 4.69) is 114 Å². The molecule has 0 unspecified atom stereocenters. The second-order valence-electron chi connectivity index (χ2n) is 17.1. The van der Waals surface area contributed by atoms with Crippen molar-refractivity contribution in [1.29, 1.82) is 0 Å². The molecule has 0 amide bonds. The predicted molar refractivity (Wildman–Crippen MR) is 273 cm³/mol. The minimum absolute atomic E-state index is 0. The SMILES string of the molecule is [2H]C([2H])(c1ccccc1)c1ccnc(C2(c3[c-]c(-c4cccc5c4nc(-c4cc(C([2H])([2H])c6ccccc6)cc6c4[n-]c4ccccc46)n5-c4ccccc4)ccc3)c3ccccc3-c3ccccc32)c1.[Pt+2]. The molecule has 0 radical (unpaired) electrons. The number of imidazole rings is 1. The molecule has 0 N–H and O–H groups in total. The third-order valence-corrected chi connectivity index (χ3v) is 13.2. The second kappa shape index (κ2) is 17.1. The molecule has 5 heteroatoms. The van der Waals surface area contributed by atoms with Crippen molar-refractivity contribution in [3.63, 3.8) is 0 Å². The summed E-state index contributed by atoms with van der Waals surface area (Å²) in [5, 5.41) is 1.81. The van der Waals surface area contributed by atoms with Crippen LogP contribution in [0.15, 0.2) is 231 Å². The molecule has 9 aromatic carbocycles. The van der Waals surface area contributed by atoms with Crippen LogP contribution in [0, 0.1) is 6.07 Å². The van der Waals surface area contributed by atoms with Crippen LogP contribution in [-0.2, 0) is 39.2 Å². The summed E-state index contributed by atoms with van der Waals surface area (Å²) in [6, 6.07) is 77.9. The van der Waals surface area contributed by atoms with Crippen LogP contribution < -0.4 is 4.98 Å². The third-order valence-electron chi connectivity index (χ3n) is 13.2. The molecule has 1 aliphatic carbocycles. The number of aromatic nitrogens is 4. The molecule has 0 bridgehead atoms. The van der Waals surface area contributed by atoms with Crippen molar-refractivity contribution in [3.8, 4) is 39.3 Å². The van der Waals surface area contributed by atoms with Crippen LogP contribution in [0.5, 0.6) is 0 Å². The summed E-state index contributed by atoms with van der Waals surface area (Å²) in [5.74, 6) is 0.636. The van der Waals surface area contributed by atoms with Crippen LogP contribution in [0.2, 0.25) is 0 Å². The van der Waals surface area contributed by atoms with Crippen molar-refractivity contribution in [2.24, 2.45) is 0 Å². The van der Waals surface area contributed by atoms with Crippen molar-refractivity contribution < 1.29 is 26.5 Å². The molecular formula is C63H42N4Pt. The second-order valence-corrected chi connectivity index (χ2v) is 17.1. The fraction of sp³-hybridized carbons (Fsp3) is 0.0476. The molecule has 0 fully saturated rings. The molecule has 0 saturated carbocycles. The van der Waals surface area contributed by atoms with Crippen molar-refractivity contribution in [2.45, 2.75) is 18.2 Å². The number of nitrogens with zero attached hydrogens (tertiary/aromatic N) is 4. The summed E-state index contributed by atoms with van der Waals surface area (Å²) in [6.07, 6.45) is -1.89. The number of hydrogen-bond donors (Lipinski definition) is 0. The summed E-state index contributed by atoms with van der Waals surface area (Å²) < 4.78 is 40.3. The van der Waals surface area contributed by atoms with Gasteiger partial charge in [0.05, 0.1) is 22.1 Å². The fourth-order valence-electron chi connectivity index (χ4n) is 10.3. The Kier molecular flexibility index (Phi) is 9.34. The van der Waals surface area contributed by atoms with Gasteiger partial charge in [0.2, 0.25) is 0 Å². The standard InChI is InChI=1S/C63H42N4.Pt/c1-4-18-42(19-5-1)36-44-34-35-64-59(40-44)63(55-30-13-10-26-50(55)51-27-11-14-31-56(51)63)47-23-16-22-46(41-47)49-29-17-33-58-61(49)66-62(67(58)48-24-8-3-9-25-48)54-39-45(37-43-20-6-2-7-21-43)38-53-52-28-12-15-32-57(52)65-60(53)54;/h1-35,38-40H,36-37H2;/q-2;+2/i36D2,37D2;. The number of pyridine rings is 1. The molecule has 4 nitrogen and oxygen atoms in total. The normalized spacial score (nSPS) is 13.8. The van der Waals surface area contributed by atoms with E-state index in [-0.39, 0.29) is 21.1 Å². The Balaban J connectivity index is 0.00000530. The smallest absolute Gasteiger partial charge is 0.656 e. The number of rotatable bonds is 9. The Labute approximate surface area is 415 Å². The van der Waals surface area contributed by atoms with Crippen molar-refractivity contribution in [1.82, 2.24) is 19.5 Å². The minimum Gasteiger partial charge on any atom is -0.656 e. The van der Waals surface area contributed by atoms with Gasteiger partial charge in [0.25, 0.3) is 0 Å². The Bertz CT molecular complexity index is 3970. The summed E-state index contributed by atoms with van der Waals surface area (Å²) in [7, 11) is 0. The minimum atomic E-state index is -1.83. The molecule has 324 valence electrons. The first kappa shape index (κ1) is 37.2. The number of hydrogen-bond acceptors (Lipinski definition) is 2. The molecule has 0 aliphatic heterocycles. The first-order chi connectivity index (χ1) is 34.7. The Hall–Kier alpha value is -7.91. The monoisotopic (exact) mass is 1050 g/mol. The van der Waals surface area contributed by atoms with E-state index in [1.807, 2.05) is 115 Å². The number of para-hydroxylation sites is 3. The third kappa shape index (κ3) is 6.78. The van der Waals surface area contributed by atoms with Gasteiger partial charge in [-0.1, -0.05) is 175 Å². The summed E-state index contributed by atoms with van der Waals surface area (Å²) in [4.78, 5) is 16.0. The van der Waals surface area contributed by atoms with Gasteiger partial charge in [-0.3, -0.25) is 9.55 Å². The van der Waals surface area contributed by atoms with Crippen molar-refractivity contribution in [3.05, 3.63) is 281 Å². The van der Waals surface area contributed by atoms with Gasteiger partial charge in [-0.05, 0) is 104 Å². The van der Waals surface area contributed by atoms with Gasteiger partial charge in [0.15, 0.2) is 0 Å². The van der Waals surface area contributed by atoms with Crippen LogP contribution in [0.1, 0.15) is 50.1 Å². The molecule has 13 rings (SSSR count). The zero-order valence-electron chi connectivity index (χ0n) is 40.5. The largest absolute Gasteiger partial charge is 2.00 e. The van der Waals surface area contributed by atoms with E-state index in [1.54, 1.807) is 12.3 Å². The zero-order valence-corrected chi connectivity index (χ0v) is 38.8. The maximum Gasteiger partial charge on any atom is 2.00 e. The average molecular weight is 1050 g/mol. The molecule has 0 saturated heterocycles. The molecule has 12 aromatic rings. The van der Waals surface area contributed by atoms with E-state index in [0.717, 1.165) is 83.0 Å². The molecule has 3 aromatic heterocycles. The van der Waals surface area contributed by atoms with Gasteiger partial charge in [-0.25, -0.2) is 4.98 Å². The molecule has 3 heterocycles. The van der Waals surface area contributed by atoms with Gasteiger partial charge in [0.1, 0.15) is 5.82 Å². The van der Waals surface area contributed by atoms with E-state index < -0.39 is 18.2 Å². The van der Waals surface area contributed by atoms with Crippen LogP contribution in [0.4, 0.5) is 0 Å². The topological polar surface area (TPSA) is 44.8 Å². The predicted octanol–water partition coefficient (Wildman–Crippen LogP) is 14.4. The number of benzene rings is 9. The summed E-state index contributed by atoms with van der Waals surface area (Å²) in [6.45, 7) is 0. The van der Waals surface area contributed by atoms with Crippen LogP contribution in [0.3, 0.4) is 0 Å². The van der Waals surface area contributed by atoms with E-state index in [1.165, 1.54) is 0 Å². The number of fused-ring (bicyclic) bond motifs is 7. The van der Waals surface area contributed by atoms with Crippen LogP contribution >= 0.6 is 0 Å². The van der Waals surface area contributed by atoms with Gasteiger partial charge in [-0.15, -0.1) is 46.4 Å². The average Bonchev–Trinajstić information content (AvgIpc) is 4.10. The Morgan fingerprint density at radius 2 is 1.13 bits per heavy atom. The van der Waals surface area contributed by atoms with Gasteiger partial charge >= 0.3 is 21.1 Å². The van der Waals surface area contributed by atoms with E-state index in [9.17, 15) is 5.48 Å². The van der Waals surface area contributed by atoms with Gasteiger partial charge in [-0.2, -0.15) is 0 Å². The fourth-order valence-corrected chi connectivity index (χ4v) is 10.3. The van der Waals surface area contributed by atoms with E-state index in [4.69, 9.17) is 15.0 Å². The van der Waals surface area contributed by atoms with Crippen molar-refractivity contribution in [2.75, 3.05) is 0 Å². The zero-order chi connectivity index (χ0) is 47.9. The van der Waals surface area contributed by atoms with E-state index >= 15 is 0 Å². The summed E-state index contributed by atoms with van der Waals surface area (Å²) in [5.41, 5.74) is 13.5. The van der Waals surface area contributed by atoms with Gasteiger partial charge in [0, 0.05) is 22.9 Å². The Morgan fingerprint density at radius 3 is 1.87 bits per heavy atom. The summed E-state index contributed by atoms with van der Waals surface area (Å²) >= 11 is 0. The maximum atomic E-state index is 9.61. The van der Waals surface area contributed by atoms with Crippen molar-refractivity contribution >= 4 is 32.8 Å². The maximum absolute atomic E-state index is 9.61. The quantitative estimate of drug-likeness (QED) is 0.135. The Morgan fingerprint density at radius 1 is 0.515 bits per heavy atom. The van der Waals surface area contributed by atoms with Crippen LogP contribution in [-0.4, -0.2) is 14.5 Å². The first-order valence-corrected chi connectivity index (χ1v) is 22.6. The molecule has 68 heavy (non-hydrogen) atoms. The molecule has 0 spiro atoms. The van der Waals surface area contributed by atoms with E-state index in [0.29, 0.717) is 33.8 Å². The van der Waals surface area contributed by atoms with Crippen LogP contribution in [0.25, 0.3) is 72.2 Å². The van der Waals surface area contributed by atoms with Gasteiger partial charge < -0.3 is 4.98 Å². The molecule has 1 aliphatic rings. The first-order valence-electron chi connectivity index (χ1n) is 24.6.